The van der Waals surface area contributed by atoms with E-state index in [0.717, 1.165) is 0 Å². The Balaban J connectivity index is 2.65. The van der Waals surface area contributed by atoms with Gasteiger partial charge < -0.3 is 10.6 Å². The maximum Gasteiger partial charge on any atom is 0.191 e. The Morgan fingerprint density at radius 1 is 1.25 bits per heavy atom. The lowest BCUT2D eigenvalue weighted by molar-refractivity contribution is 0.348. The first-order valence-corrected chi connectivity index (χ1v) is 10.1. The van der Waals surface area contributed by atoms with Crippen LogP contribution < -0.4 is 10.6 Å². The SMILES string of the molecule is CCNC(=NCc1ccccc1F)NCC(C)(C)CCS(C)(=O)=O. The van der Waals surface area contributed by atoms with Crippen LogP contribution in [-0.2, 0) is 16.4 Å². The number of nitrogens with one attached hydrogen (secondary N) is 2. The Bertz CT molecular complexity index is 658. The highest BCUT2D eigenvalue weighted by Gasteiger charge is 2.20. The predicted molar refractivity (Wildman–Crippen MR) is 97.3 cm³/mol. The van der Waals surface area contributed by atoms with Crippen LogP contribution in [0, 0.1) is 11.2 Å². The van der Waals surface area contributed by atoms with E-state index in [0.29, 0.717) is 31.0 Å². The van der Waals surface area contributed by atoms with Crippen molar-refractivity contribution in [1.29, 1.82) is 0 Å². The Morgan fingerprint density at radius 2 is 1.92 bits per heavy atom. The fraction of sp³-hybridized carbons (Fsp3) is 0.588. The molecule has 2 N–H and O–H groups in total. The van der Waals surface area contributed by atoms with Crippen molar-refractivity contribution < 1.29 is 12.8 Å². The van der Waals surface area contributed by atoms with Crippen LogP contribution in [0.5, 0.6) is 0 Å². The van der Waals surface area contributed by atoms with E-state index in [1.807, 2.05) is 20.8 Å². The third-order valence-corrected chi connectivity index (χ3v) is 4.54. The summed E-state index contributed by atoms with van der Waals surface area (Å²) in [7, 11) is -2.97. The Labute approximate surface area is 144 Å². The lowest BCUT2D eigenvalue weighted by Crippen LogP contribution is -2.42. The van der Waals surface area contributed by atoms with Gasteiger partial charge in [0.1, 0.15) is 15.7 Å². The van der Waals surface area contributed by atoms with Crippen molar-refractivity contribution in [3.63, 3.8) is 0 Å². The number of hydrogen-bond donors (Lipinski definition) is 2. The van der Waals surface area contributed by atoms with E-state index in [2.05, 4.69) is 15.6 Å². The number of guanidine groups is 1. The fourth-order valence-corrected chi connectivity index (χ4v) is 2.93. The van der Waals surface area contributed by atoms with Gasteiger partial charge in [0.05, 0.1) is 12.3 Å². The second-order valence-electron chi connectivity index (χ2n) is 6.68. The van der Waals surface area contributed by atoms with E-state index in [1.165, 1.54) is 12.3 Å². The molecule has 0 amide bonds. The van der Waals surface area contributed by atoms with Gasteiger partial charge in [0.15, 0.2) is 5.96 Å². The first-order valence-electron chi connectivity index (χ1n) is 8.06. The molecule has 24 heavy (non-hydrogen) atoms. The van der Waals surface area contributed by atoms with Crippen LogP contribution in [0.15, 0.2) is 29.3 Å². The minimum absolute atomic E-state index is 0.157. The quantitative estimate of drug-likeness (QED) is 0.553. The molecule has 0 unspecified atom stereocenters. The zero-order valence-corrected chi connectivity index (χ0v) is 15.7. The van der Waals surface area contributed by atoms with E-state index in [1.54, 1.807) is 18.2 Å². The van der Waals surface area contributed by atoms with Crippen LogP contribution in [0.3, 0.4) is 0 Å². The zero-order valence-electron chi connectivity index (χ0n) is 14.9. The molecule has 0 saturated carbocycles. The number of halogens is 1. The van der Waals surface area contributed by atoms with E-state index < -0.39 is 9.84 Å². The van der Waals surface area contributed by atoms with Crippen molar-refractivity contribution in [2.45, 2.75) is 33.7 Å². The van der Waals surface area contributed by atoms with Crippen LogP contribution in [0.2, 0.25) is 0 Å². The van der Waals surface area contributed by atoms with Gasteiger partial charge in [0.25, 0.3) is 0 Å². The molecule has 0 aliphatic carbocycles. The van der Waals surface area contributed by atoms with Crippen molar-refractivity contribution in [1.82, 2.24) is 10.6 Å². The minimum atomic E-state index is -2.97. The summed E-state index contributed by atoms with van der Waals surface area (Å²) >= 11 is 0. The van der Waals surface area contributed by atoms with Crippen molar-refractivity contribution in [3.8, 4) is 0 Å². The maximum atomic E-state index is 13.6. The van der Waals surface area contributed by atoms with Crippen LogP contribution in [0.4, 0.5) is 4.39 Å². The molecule has 0 saturated heterocycles. The predicted octanol–water partition coefficient (Wildman–Crippen LogP) is 2.34. The molecule has 0 atom stereocenters. The van der Waals surface area contributed by atoms with Gasteiger partial charge in [-0.2, -0.15) is 0 Å². The molecule has 1 aromatic rings. The maximum absolute atomic E-state index is 13.6. The van der Waals surface area contributed by atoms with Crippen molar-refractivity contribution in [2.24, 2.45) is 10.4 Å². The molecule has 1 aromatic carbocycles. The molecule has 0 aliphatic heterocycles. The summed E-state index contributed by atoms with van der Waals surface area (Å²) in [6.45, 7) is 7.47. The molecule has 5 nitrogen and oxygen atoms in total. The second-order valence-corrected chi connectivity index (χ2v) is 8.94. The fourth-order valence-electron chi connectivity index (χ4n) is 2.01. The molecule has 136 valence electrons. The summed E-state index contributed by atoms with van der Waals surface area (Å²) in [5.74, 6) is 0.476. The molecule has 0 heterocycles. The van der Waals surface area contributed by atoms with E-state index in [9.17, 15) is 12.8 Å². The Morgan fingerprint density at radius 3 is 2.50 bits per heavy atom. The van der Waals surface area contributed by atoms with E-state index in [-0.39, 0.29) is 23.5 Å². The summed E-state index contributed by atoms with van der Waals surface area (Å²) in [6.07, 6.45) is 1.81. The molecule has 0 bridgehead atoms. The largest absolute Gasteiger partial charge is 0.357 e. The number of sulfone groups is 1. The molecule has 1 rings (SSSR count). The van der Waals surface area contributed by atoms with Crippen LogP contribution in [0.25, 0.3) is 0 Å². The van der Waals surface area contributed by atoms with Gasteiger partial charge in [-0.05, 0) is 24.8 Å². The van der Waals surface area contributed by atoms with Crippen molar-refractivity contribution in [3.05, 3.63) is 35.6 Å². The Hall–Kier alpha value is -1.63. The first kappa shape index (κ1) is 20.4. The van der Waals surface area contributed by atoms with Gasteiger partial charge in [0, 0.05) is 24.9 Å². The number of hydrogen-bond acceptors (Lipinski definition) is 3. The minimum Gasteiger partial charge on any atom is -0.357 e. The second kappa shape index (κ2) is 9.01. The molecule has 0 spiro atoms. The monoisotopic (exact) mass is 357 g/mol. The molecule has 0 radical (unpaired) electrons. The third kappa shape index (κ3) is 8.29. The van der Waals surface area contributed by atoms with Crippen LogP contribution >= 0.6 is 0 Å². The lowest BCUT2D eigenvalue weighted by atomic mass is 9.90. The normalized spacial score (nSPS) is 13.0. The summed E-state index contributed by atoms with van der Waals surface area (Å²) in [5.41, 5.74) is 0.336. The third-order valence-electron chi connectivity index (χ3n) is 3.59. The van der Waals surface area contributed by atoms with Gasteiger partial charge in [0.2, 0.25) is 0 Å². The topological polar surface area (TPSA) is 70.6 Å². The summed E-state index contributed by atoms with van der Waals surface area (Å²) in [4.78, 5) is 4.39. The van der Waals surface area contributed by atoms with Crippen molar-refractivity contribution >= 4 is 15.8 Å². The summed E-state index contributed by atoms with van der Waals surface area (Å²) in [5, 5.41) is 6.32. The number of rotatable bonds is 8. The van der Waals surface area contributed by atoms with Gasteiger partial charge in [-0.25, -0.2) is 17.8 Å². The molecule has 0 aromatic heterocycles. The lowest BCUT2D eigenvalue weighted by Gasteiger charge is -2.25. The molecular formula is C17H28FN3O2S. The van der Waals surface area contributed by atoms with Crippen LogP contribution in [0.1, 0.15) is 32.8 Å². The van der Waals surface area contributed by atoms with Crippen molar-refractivity contribution in [2.75, 3.05) is 25.1 Å². The Kier molecular flexibility index (Phi) is 7.66. The summed E-state index contributed by atoms with van der Waals surface area (Å²) < 4.78 is 36.3. The number of nitrogens with zero attached hydrogens (tertiary/aromatic N) is 1. The van der Waals surface area contributed by atoms with Gasteiger partial charge >= 0.3 is 0 Å². The van der Waals surface area contributed by atoms with E-state index in [4.69, 9.17) is 0 Å². The first-order chi connectivity index (χ1) is 11.1. The zero-order chi connectivity index (χ0) is 18.2. The van der Waals surface area contributed by atoms with Gasteiger partial charge in [-0.15, -0.1) is 0 Å². The standard InChI is InChI=1S/C17H28FN3O2S/c1-5-19-16(20-12-14-8-6-7-9-15(14)18)21-13-17(2,3)10-11-24(4,22)23/h6-9H,5,10-13H2,1-4H3,(H2,19,20,21). The van der Waals surface area contributed by atoms with Gasteiger partial charge in [-0.1, -0.05) is 32.0 Å². The number of aliphatic imine (C=N–C) groups is 1. The van der Waals surface area contributed by atoms with Crippen LogP contribution in [-0.4, -0.2) is 39.5 Å². The molecule has 7 heteroatoms. The number of benzene rings is 1. The highest BCUT2D eigenvalue weighted by Crippen LogP contribution is 2.19. The summed E-state index contributed by atoms with van der Waals surface area (Å²) in [6, 6.07) is 6.55. The molecule has 0 fully saturated rings. The highest BCUT2D eigenvalue weighted by atomic mass is 32.2. The average molecular weight is 357 g/mol. The molecular weight excluding hydrogens is 329 g/mol. The smallest absolute Gasteiger partial charge is 0.191 e. The average Bonchev–Trinajstić information content (AvgIpc) is 2.49. The van der Waals surface area contributed by atoms with E-state index >= 15 is 0 Å². The highest BCUT2D eigenvalue weighted by molar-refractivity contribution is 7.90. The van der Waals surface area contributed by atoms with Gasteiger partial charge in [-0.3, -0.25) is 0 Å². The molecule has 0 aliphatic rings.